The lowest BCUT2D eigenvalue weighted by molar-refractivity contribution is 1.07. The second-order valence-electron chi connectivity index (χ2n) is 12.1. The molecule has 10 aromatic rings. The minimum atomic E-state index is -0.406. The highest BCUT2D eigenvalue weighted by atomic mass is 32.1. The molecule has 0 spiro atoms. The van der Waals surface area contributed by atoms with Gasteiger partial charge in [-0.1, -0.05) is 139 Å². The number of benzene rings is 7. The summed E-state index contributed by atoms with van der Waals surface area (Å²) >= 11 is 1.52. The molecule has 0 N–H and O–H groups in total. The van der Waals surface area contributed by atoms with Crippen molar-refractivity contribution in [3.8, 4) is 51.0 Å². The van der Waals surface area contributed by atoms with Gasteiger partial charge in [0.15, 0.2) is 17.5 Å². The van der Waals surface area contributed by atoms with Gasteiger partial charge < -0.3 is 4.57 Å². The van der Waals surface area contributed by atoms with Gasteiger partial charge in [0.05, 0.1) is 17.9 Å². The highest BCUT2D eigenvalue weighted by Crippen LogP contribution is 2.41. The summed E-state index contributed by atoms with van der Waals surface area (Å²) in [6, 6.07) is 45.4. The standard InChI is InChI=1S/C45H28N4S/c1-3-13-29(14-4-1)34-21-12-22-38-37-26-25-32(28-41(37)50-42(34)38)45-47-43(30-15-5-2-6-16-30)46-44(48-45)31-17-11-18-33(27-31)49-39-23-9-7-19-35(39)36-20-8-10-24-40(36)49/h1-28H/i1D,3D,4D,13D,14D. The topological polar surface area (TPSA) is 43.6 Å². The fourth-order valence-corrected chi connectivity index (χ4v) is 8.12. The van der Waals surface area contributed by atoms with E-state index in [1.165, 1.54) is 22.1 Å². The van der Waals surface area contributed by atoms with E-state index in [1.54, 1.807) is 0 Å². The maximum atomic E-state index is 8.64. The quantitative estimate of drug-likeness (QED) is 0.184. The molecule has 0 fully saturated rings. The Morgan fingerprint density at radius 2 is 1.06 bits per heavy atom. The van der Waals surface area contributed by atoms with Gasteiger partial charge in [-0.15, -0.1) is 11.3 Å². The van der Waals surface area contributed by atoms with Crippen LogP contribution in [-0.2, 0) is 0 Å². The largest absolute Gasteiger partial charge is 0.309 e. The van der Waals surface area contributed by atoms with Crippen molar-refractivity contribution in [1.82, 2.24) is 19.5 Å². The SMILES string of the molecule is [2H]c1c([2H])c([2H])c(-c2cccc3c2sc2cc(-c4nc(-c5ccccc5)nc(-c5cccc(-n6c7ccccc7c7ccccc76)c5)n4)ccc23)c([2H])c1[2H]. The van der Waals surface area contributed by atoms with Crippen molar-refractivity contribution >= 4 is 53.3 Å². The van der Waals surface area contributed by atoms with Crippen LogP contribution in [0.1, 0.15) is 6.85 Å². The van der Waals surface area contributed by atoms with E-state index in [4.69, 9.17) is 21.8 Å². The van der Waals surface area contributed by atoms with Gasteiger partial charge >= 0.3 is 0 Å². The van der Waals surface area contributed by atoms with Gasteiger partial charge in [0.2, 0.25) is 0 Å². The maximum absolute atomic E-state index is 8.64. The second-order valence-corrected chi connectivity index (χ2v) is 13.1. The molecule has 0 atom stereocenters. The van der Waals surface area contributed by atoms with E-state index in [2.05, 4.69) is 71.3 Å². The van der Waals surface area contributed by atoms with Crippen LogP contribution >= 0.6 is 11.3 Å². The number of rotatable bonds is 5. The summed E-state index contributed by atoms with van der Waals surface area (Å²) < 4.78 is 46.0. The van der Waals surface area contributed by atoms with Crippen LogP contribution in [0.5, 0.6) is 0 Å². The first-order valence-electron chi connectivity index (χ1n) is 18.8. The Morgan fingerprint density at radius 1 is 0.460 bits per heavy atom. The van der Waals surface area contributed by atoms with Crippen LogP contribution in [0.4, 0.5) is 0 Å². The van der Waals surface area contributed by atoms with Crippen LogP contribution in [-0.4, -0.2) is 19.5 Å². The zero-order valence-corrected chi connectivity index (χ0v) is 27.3. The number of hydrogen-bond acceptors (Lipinski definition) is 4. The molecule has 0 radical (unpaired) electrons. The van der Waals surface area contributed by atoms with Crippen LogP contribution in [0.2, 0.25) is 0 Å². The van der Waals surface area contributed by atoms with E-state index >= 15 is 0 Å². The van der Waals surface area contributed by atoms with E-state index in [-0.39, 0.29) is 29.7 Å². The molecule has 4 nitrogen and oxygen atoms in total. The van der Waals surface area contributed by atoms with Gasteiger partial charge in [0.1, 0.15) is 0 Å². The van der Waals surface area contributed by atoms with Gasteiger partial charge in [0, 0.05) is 53.3 Å². The summed E-state index contributed by atoms with van der Waals surface area (Å²) in [5.41, 5.74) is 6.57. The van der Waals surface area contributed by atoms with Crippen LogP contribution < -0.4 is 0 Å². The van der Waals surface area contributed by atoms with Gasteiger partial charge in [-0.2, -0.15) is 0 Å². The lowest BCUT2D eigenvalue weighted by Gasteiger charge is -2.11. The molecule has 3 aromatic heterocycles. The summed E-state index contributed by atoms with van der Waals surface area (Å²) in [5.74, 6) is 1.63. The molecule has 0 saturated heterocycles. The third kappa shape index (κ3) is 4.71. The maximum Gasteiger partial charge on any atom is 0.164 e. The van der Waals surface area contributed by atoms with Crippen LogP contribution in [0.3, 0.4) is 0 Å². The summed E-state index contributed by atoms with van der Waals surface area (Å²) in [6.07, 6.45) is 0. The molecule has 5 heteroatoms. The first-order chi connectivity index (χ1) is 26.9. The monoisotopic (exact) mass is 661 g/mol. The van der Waals surface area contributed by atoms with Gasteiger partial charge in [0.25, 0.3) is 0 Å². The zero-order chi connectivity index (χ0) is 37.4. The Balaban J connectivity index is 1.14. The first kappa shape index (κ1) is 23.8. The molecule has 0 aliphatic carbocycles. The number of nitrogens with zero attached hydrogens (tertiary/aromatic N) is 4. The molecule has 0 saturated carbocycles. The van der Waals surface area contributed by atoms with Crippen molar-refractivity contribution in [2.24, 2.45) is 0 Å². The van der Waals surface area contributed by atoms with Crippen molar-refractivity contribution < 1.29 is 6.85 Å². The molecule has 0 amide bonds. The Bertz CT molecular complexity index is 3090. The third-order valence-corrected chi connectivity index (χ3v) is 10.3. The molecule has 0 aliphatic rings. The normalized spacial score (nSPS) is 13.0. The van der Waals surface area contributed by atoms with E-state index in [9.17, 15) is 0 Å². The van der Waals surface area contributed by atoms with Crippen LogP contribution in [0.15, 0.2) is 170 Å². The van der Waals surface area contributed by atoms with Crippen molar-refractivity contribution in [3.05, 3.63) is 170 Å². The minimum absolute atomic E-state index is 0.195. The predicted octanol–water partition coefficient (Wildman–Crippen LogP) is 12.0. The Morgan fingerprint density at radius 3 is 1.80 bits per heavy atom. The summed E-state index contributed by atoms with van der Waals surface area (Å²) in [7, 11) is 0. The average Bonchev–Trinajstić information content (AvgIpc) is 3.78. The minimum Gasteiger partial charge on any atom is -0.309 e. The van der Waals surface area contributed by atoms with Gasteiger partial charge in [-0.05, 0) is 41.5 Å². The third-order valence-electron chi connectivity index (χ3n) is 9.14. The predicted molar refractivity (Wildman–Crippen MR) is 209 cm³/mol. The molecule has 50 heavy (non-hydrogen) atoms. The molecule has 10 rings (SSSR count). The average molecular weight is 662 g/mol. The smallest absolute Gasteiger partial charge is 0.164 e. The summed E-state index contributed by atoms with van der Waals surface area (Å²) in [6.45, 7) is 0. The molecular formula is C45H28N4S. The number of fused-ring (bicyclic) bond motifs is 6. The van der Waals surface area contributed by atoms with Gasteiger partial charge in [-0.25, -0.2) is 15.0 Å². The molecule has 0 unspecified atom stereocenters. The van der Waals surface area contributed by atoms with Gasteiger partial charge in [-0.3, -0.25) is 0 Å². The summed E-state index contributed by atoms with van der Waals surface area (Å²) in [5, 5.41) is 4.32. The van der Waals surface area contributed by atoms with Crippen molar-refractivity contribution in [2.45, 2.75) is 0 Å². The van der Waals surface area contributed by atoms with Crippen molar-refractivity contribution in [1.29, 1.82) is 0 Å². The zero-order valence-electron chi connectivity index (χ0n) is 31.5. The van der Waals surface area contributed by atoms with E-state index in [0.717, 1.165) is 53.6 Å². The Hall–Kier alpha value is -6.43. The molecular weight excluding hydrogens is 629 g/mol. The summed E-state index contributed by atoms with van der Waals surface area (Å²) in [4.78, 5) is 15.1. The first-order valence-corrected chi connectivity index (χ1v) is 17.1. The molecule has 7 aromatic carbocycles. The highest BCUT2D eigenvalue weighted by molar-refractivity contribution is 7.26. The number of aromatic nitrogens is 4. The molecule has 234 valence electrons. The Labute approximate surface area is 299 Å². The number of para-hydroxylation sites is 2. The number of hydrogen-bond donors (Lipinski definition) is 0. The van der Waals surface area contributed by atoms with Crippen LogP contribution in [0.25, 0.3) is 93.0 Å². The fraction of sp³-hybridized carbons (Fsp3) is 0. The lowest BCUT2D eigenvalue weighted by atomic mass is 10.0. The molecule has 3 heterocycles. The highest BCUT2D eigenvalue weighted by Gasteiger charge is 2.17. The molecule has 0 bridgehead atoms. The van der Waals surface area contributed by atoms with E-state index in [0.29, 0.717) is 23.0 Å². The van der Waals surface area contributed by atoms with Crippen molar-refractivity contribution in [3.63, 3.8) is 0 Å². The van der Waals surface area contributed by atoms with Crippen LogP contribution in [0, 0.1) is 0 Å². The second kappa shape index (κ2) is 11.6. The molecule has 0 aliphatic heterocycles. The van der Waals surface area contributed by atoms with E-state index < -0.39 is 6.04 Å². The Kier molecular flexibility index (Phi) is 5.54. The lowest BCUT2D eigenvalue weighted by Crippen LogP contribution is -2.01. The van der Waals surface area contributed by atoms with E-state index in [1.807, 2.05) is 72.8 Å². The van der Waals surface area contributed by atoms with Crippen molar-refractivity contribution in [2.75, 3.05) is 0 Å². The fourth-order valence-electron chi connectivity index (χ4n) is 6.85. The number of thiophene rings is 1.